The van der Waals surface area contributed by atoms with Crippen LogP contribution in [0.5, 0.6) is 11.5 Å². The first-order valence-electron chi connectivity index (χ1n) is 10.3. The Kier molecular flexibility index (Phi) is 8.90. The lowest BCUT2D eigenvalue weighted by Crippen LogP contribution is -2.47. The summed E-state index contributed by atoms with van der Waals surface area (Å²) in [5.41, 5.74) is 0.556. The van der Waals surface area contributed by atoms with Crippen molar-refractivity contribution in [2.45, 2.75) is 52.0 Å². The maximum Gasteiger partial charge on any atom is 0.408 e. The average molecular weight is 446 g/mol. The summed E-state index contributed by atoms with van der Waals surface area (Å²) >= 11 is 0. The van der Waals surface area contributed by atoms with Crippen LogP contribution in [-0.4, -0.2) is 42.5 Å². The Bertz CT molecular complexity index is 893. The molecule has 32 heavy (non-hydrogen) atoms. The van der Waals surface area contributed by atoms with Gasteiger partial charge >= 0.3 is 12.1 Å². The molecule has 0 radical (unpaired) electrons. The fraction of sp³-hybridized carbons (Fsp3) is 0.417. The van der Waals surface area contributed by atoms with Gasteiger partial charge in [0.05, 0.1) is 13.7 Å². The van der Waals surface area contributed by atoms with Crippen LogP contribution in [0.25, 0.3) is 0 Å². The molecule has 0 aliphatic rings. The van der Waals surface area contributed by atoms with E-state index in [0.717, 1.165) is 5.56 Å². The van der Waals surface area contributed by atoms with Crippen molar-refractivity contribution in [1.82, 2.24) is 5.32 Å². The number of rotatable bonds is 9. The van der Waals surface area contributed by atoms with Crippen molar-refractivity contribution in [3.8, 4) is 11.5 Å². The molecule has 0 spiro atoms. The van der Waals surface area contributed by atoms with E-state index in [1.165, 1.54) is 7.11 Å². The Balaban J connectivity index is 2.21. The van der Waals surface area contributed by atoms with Gasteiger partial charge in [0.15, 0.2) is 17.5 Å². The van der Waals surface area contributed by atoms with Crippen molar-refractivity contribution >= 4 is 12.1 Å². The zero-order valence-corrected chi connectivity index (χ0v) is 19.1. The Hall–Kier alpha value is -3.26. The van der Waals surface area contributed by atoms with E-state index < -0.39 is 29.8 Å². The molecular weight excluding hydrogens is 414 g/mol. The number of carbonyl (C=O) groups is 2. The second-order valence-electron chi connectivity index (χ2n) is 8.01. The van der Waals surface area contributed by atoms with Crippen molar-refractivity contribution in [3.05, 3.63) is 59.7 Å². The second kappa shape index (κ2) is 11.4. The van der Waals surface area contributed by atoms with Gasteiger partial charge in [0.2, 0.25) is 0 Å². The quantitative estimate of drug-likeness (QED) is 0.567. The minimum atomic E-state index is -1.40. The predicted octanol–water partition coefficient (Wildman–Crippen LogP) is 3.76. The van der Waals surface area contributed by atoms with Crippen LogP contribution in [0.4, 0.5) is 4.79 Å². The number of esters is 1. The molecule has 0 fully saturated rings. The third kappa shape index (κ3) is 7.46. The predicted molar refractivity (Wildman–Crippen MR) is 119 cm³/mol. The van der Waals surface area contributed by atoms with Crippen molar-refractivity contribution in [3.63, 3.8) is 0 Å². The minimum absolute atomic E-state index is 0.0909. The van der Waals surface area contributed by atoms with E-state index in [0.29, 0.717) is 23.7 Å². The number of hydrogen-bond donors (Lipinski definition) is 2. The Labute approximate surface area is 188 Å². The van der Waals surface area contributed by atoms with Crippen molar-refractivity contribution in [2.24, 2.45) is 0 Å². The molecule has 0 aliphatic heterocycles. The second-order valence-corrected chi connectivity index (χ2v) is 8.01. The molecule has 2 aromatic carbocycles. The molecule has 2 atom stereocenters. The van der Waals surface area contributed by atoms with Gasteiger partial charge in [-0.2, -0.15) is 0 Å². The molecule has 0 bridgehead atoms. The number of methoxy groups -OCH3 is 1. The van der Waals surface area contributed by atoms with E-state index in [9.17, 15) is 14.7 Å². The number of aliphatic hydroxyl groups is 1. The van der Waals surface area contributed by atoms with Crippen molar-refractivity contribution < 1.29 is 33.6 Å². The standard InChI is InChI=1S/C24H31NO7/c1-6-30-22(27)20(25-23(28)32-24(2,3)4)21(26)17-12-13-18(19(14-17)29-5)31-15-16-10-8-7-9-11-16/h7-14,20-21,26H,6,15H2,1-5H3,(H,25,28)/t20-,21+/m0/s1. The highest BCUT2D eigenvalue weighted by Gasteiger charge is 2.33. The summed E-state index contributed by atoms with van der Waals surface area (Å²) in [5.74, 6) is 0.0617. The van der Waals surface area contributed by atoms with Gasteiger partial charge in [-0.05, 0) is 51.0 Å². The molecule has 2 rings (SSSR count). The summed E-state index contributed by atoms with van der Waals surface area (Å²) in [5, 5.41) is 13.3. The molecule has 0 aliphatic carbocycles. The van der Waals surface area contributed by atoms with E-state index in [1.54, 1.807) is 45.9 Å². The molecule has 1 amide bonds. The first kappa shape index (κ1) is 25.0. The zero-order chi connectivity index (χ0) is 23.7. The van der Waals surface area contributed by atoms with E-state index in [2.05, 4.69) is 5.32 Å². The number of nitrogens with one attached hydrogen (secondary N) is 1. The van der Waals surface area contributed by atoms with Crippen LogP contribution in [0.1, 0.15) is 44.9 Å². The van der Waals surface area contributed by atoms with Gasteiger partial charge < -0.3 is 29.4 Å². The van der Waals surface area contributed by atoms with E-state index in [-0.39, 0.29) is 6.61 Å². The topological polar surface area (TPSA) is 103 Å². The van der Waals surface area contributed by atoms with Crippen LogP contribution >= 0.6 is 0 Å². The molecule has 0 aromatic heterocycles. The van der Waals surface area contributed by atoms with Gasteiger partial charge in [-0.1, -0.05) is 36.4 Å². The highest BCUT2D eigenvalue weighted by Crippen LogP contribution is 2.32. The molecule has 8 nitrogen and oxygen atoms in total. The van der Waals surface area contributed by atoms with Crippen LogP contribution < -0.4 is 14.8 Å². The summed E-state index contributed by atoms with van der Waals surface area (Å²) < 4.78 is 21.4. The lowest BCUT2D eigenvalue weighted by atomic mass is 10.0. The summed E-state index contributed by atoms with van der Waals surface area (Å²) in [4.78, 5) is 24.6. The maximum absolute atomic E-state index is 12.4. The summed E-state index contributed by atoms with van der Waals surface area (Å²) in [6.45, 7) is 7.15. The highest BCUT2D eigenvalue weighted by atomic mass is 16.6. The van der Waals surface area contributed by atoms with Crippen LogP contribution in [0.15, 0.2) is 48.5 Å². The van der Waals surface area contributed by atoms with E-state index in [1.807, 2.05) is 30.3 Å². The third-order valence-corrected chi connectivity index (χ3v) is 4.29. The fourth-order valence-corrected chi connectivity index (χ4v) is 2.85. The average Bonchev–Trinajstić information content (AvgIpc) is 2.75. The molecule has 2 aromatic rings. The molecule has 0 saturated carbocycles. The van der Waals surface area contributed by atoms with Crippen molar-refractivity contribution in [1.29, 1.82) is 0 Å². The molecule has 8 heteroatoms. The molecule has 0 unspecified atom stereocenters. The largest absolute Gasteiger partial charge is 0.493 e. The van der Waals surface area contributed by atoms with E-state index >= 15 is 0 Å². The van der Waals surface area contributed by atoms with Crippen molar-refractivity contribution in [2.75, 3.05) is 13.7 Å². The van der Waals surface area contributed by atoms with Crippen LogP contribution in [-0.2, 0) is 20.9 Å². The van der Waals surface area contributed by atoms with Gasteiger partial charge in [-0.3, -0.25) is 0 Å². The lowest BCUT2D eigenvalue weighted by molar-refractivity contribution is -0.148. The monoisotopic (exact) mass is 445 g/mol. The highest BCUT2D eigenvalue weighted by molar-refractivity contribution is 5.82. The van der Waals surface area contributed by atoms with Gasteiger partial charge in [0, 0.05) is 0 Å². The number of ether oxygens (including phenoxy) is 4. The Morgan fingerprint density at radius 2 is 1.75 bits per heavy atom. The fourth-order valence-electron chi connectivity index (χ4n) is 2.85. The number of aliphatic hydroxyl groups excluding tert-OH is 1. The van der Waals surface area contributed by atoms with Crippen LogP contribution in [0.2, 0.25) is 0 Å². The number of alkyl carbamates (subject to hydrolysis) is 1. The SMILES string of the molecule is CCOC(=O)[C@@H](NC(=O)OC(C)(C)C)[C@H](O)c1ccc(OCc2ccccc2)c(OC)c1. The van der Waals surface area contributed by atoms with Gasteiger partial charge in [0.1, 0.15) is 18.3 Å². The van der Waals surface area contributed by atoms with Crippen LogP contribution in [0.3, 0.4) is 0 Å². The molecule has 174 valence electrons. The molecular formula is C24H31NO7. The number of carbonyl (C=O) groups excluding carboxylic acids is 2. The first-order chi connectivity index (χ1) is 15.1. The smallest absolute Gasteiger partial charge is 0.408 e. The van der Waals surface area contributed by atoms with E-state index in [4.69, 9.17) is 18.9 Å². The third-order valence-electron chi connectivity index (χ3n) is 4.29. The molecule has 0 saturated heterocycles. The minimum Gasteiger partial charge on any atom is -0.493 e. The number of amides is 1. The van der Waals surface area contributed by atoms with Gasteiger partial charge in [-0.15, -0.1) is 0 Å². The van der Waals surface area contributed by atoms with Gasteiger partial charge in [0.25, 0.3) is 0 Å². The molecule has 0 heterocycles. The summed E-state index contributed by atoms with van der Waals surface area (Å²) in [6, 6.07) is 13.1. The normalized spacial score (nSPS) is 12.9. The maximum atomic E-state index is 12.4. The number of hydrogen-bond acceptors (Lipinski definition) is 7. The van der Waals surface area contributed by atoms with Crippen LogP contribution in [0, 0.1) is 0 Å². The first-order valence-corrected chi connectivity index (χ1v) is 10.3. The Morgan fingerprint density at radius 1 is 1.06 bits per heavy atom. The molecule has 2 N–H and O–H groups in total. The zero-order valence-electron chi connectivity index (χ0n) is 19.1. The lowest BCUT2D eigenvalue weighted by Gasteiger charge is -2.26. The number of benzene rings is 2. The summed E-state index contributed by atoms with van der Waals surface area (Å²) in [7, 11) is 1.47. The summed E-state index contributed by atoms with van der Waals surface area (Å²) in [6.07, 6.45) is -2.25. The van der Waals surface area contributed by atoms with Gasteiger partial charge in [-0.25, -0.2) is 9.59 Å². The Morgan fingerprint density at radius 3 is 2.34 bits per heavy atom.